The largest absolute Gasteiger partial charge is 0.483 e. The topological polar surface area (TPSA) is 129 Å². The molecule has 176 valence electrons. The number of carbonyl (C=O) groups is 1. The Balaban J connectivity index is 0.000000764. The summed E-state index contributed by atoms with van der Waals surface area (Å²) in [6.07, 6.45) is 4.49. The third-order valence-corrected chi connectivity index (χ3v) is 6.60. The number of fused-ring (bicyclic) bond motifs is 5. The second-order valence-corrected chi connectivity index (χ2v) is 8.61. The molecule has 2 bridgehead atoms. The number of rotatable bonds is 4. The van der Waals surface area contributed by atoms with E-state index in [4.69, 9.17) is 14.9 Å². The van der Waals surface area contributed by atoms with Crippen LogP contribution in [0, 0.1) is 5.92 Å². The van der Waals surface area contributed by atoms with E-state index in [1.807, 2.05) is 28.8 Å². The second kappa shape index (κ2) is 9.14. The number of hydrogen-bond acceptors (Lipinski definition) is 6. The Bertz CT molecular complexity index is 1360. The molecule has 0 radical (unpaired) electrons. The first-order valence-electron chi connectivity index (χ1n) is 11.3. The number of aliphatic hydroxyl groups is 1. The summed E-state index contributed by atoms with van der Waals surface area (Å²) in [6.45, 7) is 2.70. The zero-order valence-electron chi connectivity index (χ0n) is 18.5. The van der Waals surface area contributed by atoms with Crippen molar-refractivity contribution in [2.24, 2.45) is 5.92 Å². The molecular formula is C24H26N6O4. The van der Waals surface area contributed by atoms with Crippen LogP contribution in [0.5, 0.6) is 0 Å². The van der Waals surface area contributed by atoms with Crippen LogP contribution >= 0.6 is 0 Å². The SMILES string of the molecule is O=CO.O=c1c(-c2ncc[nH]2)ccc2n1C[C@H]1C[C@@H]2CN(c2nc3ccccc3n2CCO)C1. The Kier molecular flexibility index (Phi) is 5.89. The molecule has 0 spiro atoms. The Morgan fingerprint density at radius 2 is 1.97 bits per heavy atom. The lowest BCUT2D eigenvalue weighted by Gasteiger charge is -2.43. The highest BCUT2D eigenvalue weighted by atomic mass is 16.3. The van der Waals surface area contributed by atoms with E-state index in [1.54, 1.807) is 12.4 Å². The highest BCUT2D eigenvalue weighted by molar-refractivity contribution is 5.79. The van der Waals surface area contributed by atoms with Crippen LogP contribution in [0.2, 0.25) is 0 Å². The number of nitrogens with one attached hydrogen (secondary N) is 1. The van der Waals surface area contributed by atoms with Crippen LogP contribution in [0.1, 0.15) is 18.0 Å². The Morgan fingerprint density at radius 3 is 2.74 bits per heavy atom. The molecule has 2 aliphatic heterocycles. The molecule has 2 aliphatic rings. The van der Waals surface area contributed by atoms with E-state index >= 15 is 0 Å². The van der Waals surface area contributed by atoms with Crippen LogP contribution in [0.25, 0.3) is 22.4 Å². The number of benzene rings is 1. The van der Waals surface area contributed by atoms with Gasteiger partial charge in [-0.05, 0) is 36.6 Å². The number of para-hydroxylation sites is 2. The molecule has 10 heteroatoms. The van der Waals surface area contributed by atoms with Gasteiger partial charge in [-0.25, -0.2) is 9.97 Å². The van der Waals surface area contributed by atoms with E-state index in [2.05, 4.69) is 31.6 Å². The summed E-state index contributed by atoms with van der Waals surface area (Å²) in [6, 6.07) is 12.0. The van der Waals surface area contributed by atoms with Gasteiger partial charge in [-0.1, -0.05) is 12.1 Å². The van der Waals surface area contributed by atoms with Crippen molar-refractivity contribution in [3.8, 4) is 11.4 Å². The van der Waals surface area contributed by atoms with E-state index in [-0.39, 0.29) is 24.6 Å². The van der Waals surface area contributed by atoms with Gasteiger partial charge in [0.1, 0.15) is 5.82 Å². The average Bonchev–Trinajstić information content (AvgIpc) is 3.49. The van der Waals surface area contributed by atoms with Crippen LogP contribution in [-0.4, -0.2) is 60.5 Å². The minimum Gasteiger partial charge on any atom is -0.483 e. The summed E-state index contributed by atoms with van der Waals surface area (Å²) >= 11 is 0. The lowest BCUT2D eigenvalue weighted by Crippen LogP contribution is -2.48. The summed E-state index contributed by atoms with van der Waals surface area (Å²) < 4.78 is 4.06. The molecule has 34 heavy (non-hydrogen) atoms. The number of carboxylic acid groups (broad SMARTS) is 1. The minimum atomic E-state index is -0.250. The molecule has 0 unspecified atom stereocenters. The van der Waals surface area contributed by atoms with Gasteiger partial charge in [-0.15, -0.1) is 0 Å². The number of imidazole rings is 2. The van der Waals surface area contributed by atoms with Crippen molar-refractivity contribution < 1.29 is 15.0 Å². The highest BCUT2D eigenvalue weighted by Crippen LogP contribution is 2.38. The fourth-order valence-electron chi connectivity index (χ4n) is 5.33. The van der Waals surface area contributed by atoms with Crippen LogP contribution in [-0.2, 0) is 17.9 Å². The van der Waals surface area contributed by atoms with E-state index in [0.29, 0.717) is 30.4 Å². The van der Waals surface area contributed by atoms with Crippen molar-refractivity contribution in [2.45, 2.75) is 25.4 Å². The molecule has 2 atom stereocenters. The summed E-state index contributed by atoms with van der Waals surface area (Å²) in [5.41, 5.74) is 3.73. The van der Waals surface area contributed by atoms with Gasteiger partial charge in [0, 0.05) is 50.2 Å². The van der Waals surface area contributed by atoms with E-state index in [9.17, 15) is 9.90 Å². The van der Waals surface area contributed by atoms with Gasteiger partial charge < -0.3 is 29.2 Å². The number of pyridine rings is 1. The zero-order chi connectivity index (χ0) is 23.7. The Labute approximate surface area is 195 Å². The first-order chi connectivity index (χ1) is 16.6. The molecule has 0 saturated carbocycles. The van der Waals surface area contributed by atoms with Gasteiger partial charge in [0.2, 0.25) is 5.95 Å². The molecule has 3 aromatic heterocycles. The number of H-pyrrole nitrogens is 1. The molecule has 0 aliphatic carbocycles. The van der Waals surface area contributed by atoms with Crippen molar-refractivity contribution >= 4 is 23.5 Å². The van der Waals surface area contributed by atoms with E-state index in [1.165, 1.54) is 0 Å². The maximum atomic E-state index is 13.2. The Hall–Kier alpha value is -3.92. The number of aromatic nitrogens is 5. The van der Waals surface area contributed by atoms with E-state index < -0.39 is 0 Å². The van der Waals surface area contributed by atoms with Gasteiger partial charge in [0.25, 0.3) is 12.0 Å². The molecule has 1 saturated heterocycles. The maximum absolute atomic E-state index is 13.2. The third-order valence-electron chi connectivity index (χ3n) is 6.60. The fraction of sp³-hybridized carbons (Fsp3) is 0.333. The molecule has 4 aromatic rings. The number of nitrogens with zero attached hydrogens (tertiary/aromatic N) is 5. The van der Waals surface area contributed by atoms with Gasteiger partial charge in [-0.3, -0.25) is 9.59 Å². The quantitative estimate of drug-likeness (QED) is 0.395. The van der Waals surface area contributed by atoms with Crippen LogP contribution in [0.3, 0.4) is 0 Å². The smallest absolute Gasteiger partial charge is 0.290 e. The number of hydrogen-bond donors (Lipinski definition) is 3. The van der Waals surface area contributed by atoms with Crippen molar-refractivity contribution in [1.82, 2.24) is 24.1 Å². The molecule has 1 aromatic carbocycles. The van der Waals surface area contributed by atoms with Crippen LogP contribution in [0.4, 0.5) is 5.95 Å². The van der Waals surface area contributed by atoms with Crippen molar-refractivity contribution in [3.63, 3.8) is 0 Å². The van der Waals surface area contributed by atoms with E-state index in [0.717, 1.165) is 42.2 Å². The van der Waals surface area contributed by atoms with Crippen LogP contribution in [0.15, 0.2) is 53.6 Å². The molecule has 1 fully saturated rings. The number of piperidine rings is 1. The Morgan fingerprint density at radius 1 is 1.15 bits per heavy atom. The highest BCUT2D eigenvalue weighted by Gasteiger charge is 2.36. The molecular weight excluding hydrogens is 436 g/mol. The lowest BCUT2D eigenvalue weighted by molar-refractivity contribution is -0.122. The second-order valence-electron chi connectivity index (χ2n) is 8.61. The molecule has 10 nitrogen and oxygen atoms in total. The normalized spacial score (nSPS) is 18.8. The maximum Gasteiger partial charge on any atom is 0.290 e. The van der Waals surface area contributed by atoms with Gasteiger partial charge in [-0.2, -0.15) is 0 Å². The van der Waals surface area contributed by atoms with Crippen molar-refractivity contribution in [2.75, 3.05) is 24.6 Å². The number of aromatic amines is 1. The van der Waals surface area contributed by atoms with Crippen molar-refractivity contribution in [3.05, 3.63) is 64.8 Å². The average molecular weight is 463 g/mol. The minimum absolute atomic E-state index is 0.0307. The summed E-state index contributed by atoms with van der Waals surface area (Å²) in [7, 11) is 0. The van der Waals surface area contributed by atoms with Gasteiger partial charge in [0.05, 0.1) is 23.2 Å². The summed E-state index contributed by atoms with van der Waals surface area (Å²) in [4.78, 5) is 36.1. The predicted molar refractivity (Wildman–Crippen MR) is 127 cm³/mol. The number of aliphatic hydroxyl groups excluding tert-OH is 1. The van der Waals surface area contributed by atoms with Crippen molar-refractivity contribution in [1.29, 1.82) is 0 Å². The zero-order valence-corrected chi connectivity index (χ0v) is 18.5. The molecule has 0 amide bonds. The summed E-state index contributed by atoms with van der Waals surface area (Å²) in [5.74, 6) is 2.18. The predicted octanol–water partition coefficient (Wildman–Crippen LogP) is 1.90. The lowest BCUT2D eigenvalue weighted by atomic mass is 9.83. The van der Waals surface area contributed by atoms with Gasteiger partial charge >= 0.3 is 0 Å². The standard InChI is InChI=1S/C23H24N6O2.CH2O2/c30-10-9-28-20-4-2-1-3-18(20)26-23(28)27-12-15-11-16(14-27)19-6-5-17(21-24-7-8-25-21)22(31)29(19)13-15;2-1-3/h1-8,15-16,30H,9-14H2,(H,24,25);1H,(H,2,3)/t15-,16+;/m0./s1. The first kappa shape index (κ1) is 21.9. The first-order valence-corrected chi connectivity index (χ1v) is 11.3. The molecule has 3 N–H and O–H groups in total. The molecule has 6 rings (SSSR count). The van der Waals surface area contributed by atoms with Gasteiger partial charge in [0.15, 0.2) is 0 Å². The molecule has 5 heterocycles. The third kappa shape index (κ3) is 3.75. The van der Waals surface area contributed by atoms with Crippen LogP contribution < -0.4 is 10.5 Å². The number of anilines is 1. The fourth-order valence-corrected chi connectivity index (χ4v) is 5.33. The monoisotopic (exact) mass is 462 g/mol. The summed E-state index contributed by atoms with van der Waals surface area (Å²) in [5, 5.41) is 16.5.